The number of ether oxygens (including phenoxy) is 2. The van der Waals surface area contributed by atoms with Crippen LogP contribution in [0.3, 0.4) is 0 Å². The van der Waals surface area contributed by atoms with Crippen molar-refractivity contribution in [3.8, 4) is 11.5 Å². The van der Waals surface area contributed by atoms with E-state index in [1.54, 1.807) is 7.11 Å². The molecule has 2 heteroatoms. The standard InChI is InChI=1S/C17H18O2/c1-3-7-14-10-11-16(17(12-14)18-2)19-13-15-8-5-4-6-9-15/h3-12H,13H2,1-2H3/b7-3+. The van der Waals surface area contributed by atoms with Gasteiger partial charge in [0.2, 0.25) is 0 Å². The maximum absolute atomic E-state index is 5.80. The van der Waals surface area contributed by atoms with Gasteiger partial charge in [0.05, 0.1) is 7.11 Å². The highest BCUT2D eigenvalue weighted by molar-refractivity contribution is 5.55. The Balaban J connectivity index is 2.11. The summed E-state index contributed by atoms with van der Waals surface area (Å²) in [5.41, 5.74) is 2.24. The molecule has 0 heterocycles. The normalized spacial score (nSPS) is 10.6. The lowest BCUT2D eigenvalue weighted by Crippen LogP contribution is -1.97. The first-order chi connectivity index (χ1) is 9.33. The lowest BCUT2D eigenvalue weighted by Gasteiger charge is -2.11. The monoisotopic (exact) mass is 254 g/mol. The first-order valence-corrected chi connectivity index (χ1v) is 6.31. The quantitative estimate of drug-likeness (QED) is 0.791. The fourth-order valence-electron chi connectivity index (χ4n) is 1.83. The van der Waals surface area contributed by atoms with Gasteiger partial charge in [0.15, 0.2) is 11.5 Å². The highest BCUT2D eigenvalue weighted by atomic mass is 16.5. The summed E-state index contributed by atoms with van der Waals surface area (Å²) in [4.78, 5) is 0. The van der Waals surface area contributed by atoms with Gasteiger partial charge in [0.1, 0.15) is 6.61 Å². The number of methoxy groups -OCH3 is 1. The highest BCUT2D eigenvalue weighted by Gasteiger charge is 2.04. The second-order valence-electron chi connectivity index (χ2n) is 4.18. The summed E-state index contributed by atoms with van der Waals surface area (Å²) in [6.45, 7) is 2.53. The summed E-state index contributed by atoms with van der Waals surface area (Å²) in [5, 5.41) is 0. The van der Waals surface area contributed by atoms with E-state index in [1.807, 2.05) is 67.6 Å². The molecule has 0 aliphatic rings. The van der Waals surface area contributed by atoms with Crippen molar-refractivity contribution in [3.05, 3.63) is 65.7 Å². The molecule has 2 aromatic rings. The van der Waals surface area contributed by atoms with Crippen LogP contribution in [-0.4, -0.2) is 7.11 Å². The molecule has 2 rings (SSSR count). The van der Waals surface area contributed by atoms with Gasteiger partial charge in [-0.15, -0.1) is 0 Å². The Hall–Kier alpha value is -2.22. The third kappa shape index (κ3) is 3.62. The highest BCUT2D eigenvalue weighted by Crippen LogP contribution is 2.29. The number of rotatable bonds is 5. The lowest BCUT2D eigenvalue weighted by atomic mass is 10.2. The molecule has 0 saturated carbocycles. The minimum absolute atomic E-state index is 0.542. The molecule has 0 spiro atoms. The van der Waals surface area contributed by atoms with E-state index >= 15 is 0 Å². The molecular formula is C17H18O2. The summed E-state index contributed by atoms with van der Waals surface area (Å²) in [5.74, 6) is 1.52. The average molecular weight is 254 g/mol. The lowest BCUT2D eigenvalue weighted by molar-refractivity contribution is 0.284. The maximum atomic E-state index is 5.80. The molecule has 0 aliphatic carbocycles. The summed E-state index contributed by atoms with van der Waals surface area (Å²) in [6, 6.07) is 16.0. The van der Waals surface area contributed by atoms with Gasteiger partial charge < -0.3 is 9.47 Å². The molecule has 0 unspecified atom stereocenters. The molecule has 2 aromatic carbocycles. The van der Waals surface area contributed by atoms with Crippen molar-refractivity contribution in [1.29, 1.82) is 0 Å². The van der Waals surface area contributed by atoms with Crippen molar-refractivity contribution in [2.45, 2.75) is 13.5 Å². The predicted octanol–water partition coefficient (Wildman–Crippen LogP) is 4.31. The number of allylic oxidation sites excluding steroid dienone is 1. The zero-order valence-electron chi connectivity index (χ0n) is 11.3. The van der Waals surface area contributed by atoms with Crippen LogP contribution in [0, 0.1) is 0 Å². The molecule has 0 aliphatic heterocycles. The van der Waals surface area contributed by atoms with E-state index in [0.29, 0.717) is 6.61 Å². The Morgan fingerprint density at radius 3 is 2.47 bits per heavy atom. The van der Waals surface area contributed by atoms with Crippen molar-refractivity contribution in [2.75, 3.05) is 7.11 Å². The Morgan fingerprint density at radius 1 is 1.00 bits per heavy atom. The molecule has 0 atom stereocenters. The van der Waals surface area contributed by atoms with Crippen LogP contribution in [0.1, 0.15) is 18.1 Å². The summed E-state index contributed by atoms with van der Waals surface area (Å²) >= 11 is 0. The van der Waals surface area contributed by atoms with Crippen molar-refractivity contribution in [1.82, 2.24) is 0 Å². The molecule has 0 bridgehead atoms. The smallest absolute Gasteiger partial charge is 0.161 e. The van der Waals surface area contributed by atoms with E-state index in [0.717, 1.165) is 22.6 Å². The fourth-order valence-corrected chi connectivity index (χ4v) is 1.83. The minimum atomic E-state index is 0.542. The molecule has 2 nitrogen and oxygen atoms in total. The van der Waals surface area contributed by atoms with Crippen LogP contribution >= 0.6 is 0 Å². The van der Waals surface area contributed by atoms with Gasteiger partial charge in [-0.05, 0) is 30.2 Å². The molecule has 0 fully saturated rings. The topological polar surface area (TPSA) is 18.5 Å². The van der Waals surface area contributed by atoms with Crippen LogP contribution in [0.15, 0.2) is 54.6 Å². The van der Waals surface area contributed by atoms with Crippen LogP contribution in [-0.2, 0) is 6.61 Å². The van der Waals surface area contributed by atoms with Crippen LogP contribution in [0.4, 0.5) is 0 Å². The van der Waals surface area contributed by atoms with Gasteiger partial charge in [-0.2, -0.15) is 0 Å². The molecule has 0 radical (unpaired) electrons. The summed E-state index contributed by atoms with van der Waals surface area (Å²) < 4.78 is 11.2. The summed E-state index contributed by atoms with van der Waals surface area (Å²) in [6.07, 6.45) is 4.03. The third-order valence-corrected chi connectivity index (χ3v) is 2.78. The van der Waals surface area contributed by atoms with Crippen LogP contribution < -0.4 is 9.47 Å². The van der Waals surface area contributed by atoms with Crippen LogP contribution in [0.25, 0.3) is 6.08 Å². The van der Waals surface area contributed by atoms with Crippen molar-refractivity contribution in [2.24, 2.45) is 0 Å². The zero-order valence-corrected chi connectivity index (χ0v) is 11.3. The van der Waals surface area contributed by atoms with E-state index in [9.17, 15) is 0 Å². The number of benzene rings is 2. The van der Waals surface area contributed by atoms with Crippen molar-refractivity contribution >= 4 is 6.08 Å². The first kappa shape index (κ1) is 13.2. The largest absolute Gasteiger partial charge is 0.493 e. The second-order valence-corrected chi connectivity index (χ2v) is 4.18. The Bertz CT molecular complexity index is 544. The Kier molecular flexibility index (Phi) is 4.62. The van der Waals surface area contributed by atoms with Gasteiger partial charge in [-0.25, -0.2) is 0 Å². The molecule has 19 heavy (non-hydrogen) atoms. The SMILES string of the molecule is C/C=C/c1ccc(OCc2ccccc2)c(OC)c1. The first-order valence-electron chi connectivity index (χ1n) is 6.31. The van der Waals surface area contributed by atoms with E-state index < -0.39 is 0 Å². The van der Waals surface area contributed by atoms with E-state index in [1.165, 1.54) is 0 Å². The average Bonchev–Trinajstić information content (AvgIpc) is 2.47. The van der Waals surface area contributed by atoms with Crippen molar-refractivity contribution in [3.63, 3.8) is 0 Å². The van der Waals surface area contributed by atoms with Gasteiger partial charge in [-0.1, -0.05) is 48.6 Å². The maximum Gasteiger partial charge on any atom is 0.161 e. The third-order valence-electron chi connectivity index (χ3n) is 2.78. The predicted molar refractivity (Wildman–Crippen MR) is 78.5 cm³/mol. The van der Waals surface area contributed by atoms with Crippen LogP contribution in [0.5, 0.6) is 11.5 Å². The molecule has 0 aromatic heterocycles. The van der Waals surface area contributed by atoms with E-state index in [2.05, 4.69) is 0 Å². The van der Waals surface area contributed by atoms with E-state index in [-0.39, 0.29) is 0 Å². The van der Waals surface area contributed by atoms with Gasteiger partial charge in [0.25, 0.3) is 0 Å². The van der Waals surface area contributed by atoms with Crippen molar-refractivity contribution < 1.29 is 9.47 Å². The Morgan fingerprint density at radius 2 is 1.79 bits per heavy atom. The number of hydrogen-bond donors (Lipinski definition) is 0. The minimum Gasteiger partial charge on any atom is -0.493 e. The number of hydrogen-bond acceptors (Lipinski definition) is 2. The Labute approximate surface area is 114 Å². The van der Waals surface area contributed by atoms with Crippen LogP contribution in [0.2, 0.25) is 0 Å². The van der Waals surface area contributed by atoms with Gasteiger partial charge in [0, 0.05) is 0 Å². The molecule has 0 N–H and O–H groups in total. The molecule has 0 saturated heterocycles. The van der Waals surface area contributed by atoms with Gasteiger partial charge >= 0.3 is 0 Å². The molecule has 98 valence electrons. The van der Waals surface area contributed by atoms with E-state index in [4.69, 9.17) is 9.47 Å². The molecular weight excluding hydrogens is 236 g/mol. The second kappa shape index (κ2) is 6.64. The fraction of sp³-hybridized carbons (Fsp3) is 0.176. The van der Waals surface area contributed by atoms with Gasteiger partial charge in [-0.3, -0.25) is 0 Å². The summed E-state index contributed by atoms with van der Waals surface area (Å²) in [7, 11) is 1.66. The molecule has 0 amide bonds. The zero-order chi connectivity index (χ0) is 13.5.